The van der Waals surface area contributed by atoms with Gasteiger partial charge in [-0.1, -0.05) is 6.92 Å². The monoisotopic (exact) mass is 238 g/mol. The Balaban J connectivity index is 2.31. The third-order valence-corrected chi connectivity index (χ3v) is 2.88. The molecule has 1 N–H and O–H groups in total. The summed E-state index contributed by atoms with van der Waals surface area (Å²) in [5.74, 6) is 0. The van der Waals surface area contributed by atoms with Gasteiger partial charge in [-0.05, 0) is 44.9 Å². The maximum absolute atomic E-state index is 5.34. The van der Waals surface area contributed by atoms with E-state index in [0.717, 1.165) is 32.7 Å². The molecule has 0 aromatic carbocycles. The number of nitrogens with one attached hydrogen (secondary N) is 1. The van der Waals surface area contributed by atoms with E-state index in [-0.39, 0.29) is 0 Å². The Labute approximate surface area is 105 Å². The fraction of sp³-hybridized carbons (Fsp3) is 0.714. The summed E-state index contributed by atoms with van der Waals surface area (Å²) in [7, 11) is 0. The Morgan fingerprint density at radius 3 is 2.94 bits per heavy atom. The predicted octanol–water partition coefficient (Wildman–Crippen LogP) is 2.98. The van der Waals surface area contributed by atoms with E-state index < -0.39 is 0 Å². The summed E-state index contributed by atoms with van der Waals surface area (Å²) in [6.07, 6.45) is 6.66. The molecule has 1 rings (SSSR count). The zero-order valence-corrected chi connectivity index (χ0v) is 11.4. The van der Waals surface area contributed by atoms with E-state index in [1.807, 2.05) is 6.92 Å². The van der Waals surface area contributed by atoms with Gasteiger partial charge in [-0.3, -0.25) is 0 Å². The maximum Gasteiger partial charge on any atom is 0.0482 e. The Morgan fingerprint density at radius 1 is 1.41 bits per heavy atom. The average molecular weight is 238 g/mol. The van der Waals surface area contributed by atoms with Gasteiger partial charge in [0.25, 0.3) is 0 Å². The van der Waals surface area contributed by atoms with E-state index in [1.165, 1.54) is 12.0 Å². The summed E-state index contributed by atoms with van der Waals surface area (Å²) in [4.78, 5) is 0. The van der Waals surface area contributed by atoms with Gasteiger partial charge >= 0.3 is 0 Å². The molecule has 0 radical (unpaired) electrons. The van der Waals surface area contributed by atoms with Crippen molar-refractivity contribution in [2.75, 3.05) is 19.8 Å². The molecule has 0 saturated heterocycles. The van der Waals surface area contributed by atoms with Crippen LogP contribution in [-0.4, -0.2) is 24.3 Å². The van der Waals surface area contributed by atoms with Crippen molar-refractivity contribution in [1.82, 2.24) is 9.88 Å². The highest BCUT2D eigenvalue weighted by molar-refractivity contribution is 5.14. The van der Waals surface area contributed by atoms with Crippen LogP contribution >= 0.6 is 0 Å². The lowest BCUT2D eigenvalue weighted by Gasteiger charge is -2.11. The van der Waals surface area contributed by atoms with E-state index in [9.17, 15) is 0 Å². The Kier molecular flexibility index (Phi) is 6.97. The number of aromatic nitrogens is 1. The smallest absolute Gasteiger partial charge is 0.0482 e. The van der Waals surface area contributed by atoms with Crippen molar-refractivity contribution in [2.24, 2.45) is 0 Å². The van der Waals surface area contributed by atoms with Crippen molar-refractivity contribution in [1.29, 1.82) is 0 Å². The first-order valence-corrected chi connectivity index (χ1v) is 6.74. The molecule has 1 aromatic rings. The molecule has 1 aromatic heterocycles. The Bertz CT molecular complexity index is 296. The third-order valence-electron chi connectivity index (χ3n) is 2.88. The molecule has 0 aliphatic rings. The molecule has 0 bridgehead atoms. The number of hydrogen-bond acceptors (Lipinski definition) is 2. The minimum absolute atomic E-state index is 0.447. The van der Waals surface area contributed by atoms with E-state index in [0.29, 0.717) is 6.04 Å². The summed E-state index contributed by atoms with van der Waals surface area (Å²) < 4.78 is 7.59. The number of nitrogens with zero attached hydrogens (tertiary/aromatic N) is 1. The Hall–Kier alpha value is -0.800. The maximum atomic E-state index is 5.34. The summed E-state index contributed by atoms with van der Waals surface area (Å²) in [5.41, 5.74) is 1.37. The molecule has 1 atom stereocenters. The van der Waals surface area contributed by atoms with Crippen LogP contribution in [0.5, 0.6) is 0 Å². The first kappa shape index (κ1) is 14.3. The molecule has 0 aliphatic heterocycles. The number of aryl methyl sites for hydroxylation is 1. The minimum atomic E-state index is 0.447. The lowest BCUT2D eigenvalue weighted by molar-refractivity contribution is 0.141. The van der Waals surface area contributed by atoms with Crippen LogP contribution in [0.2, 0.25) is 0 Å². The van der Waals surface area contributed by atoms with Crippen LogP contribution in [0.15, 0.2) is 18.5 Å². The zero-order valence-electron chi connectivity index (χ0n) is 11.4. The zero-order chi connectivity index (χ0) is 12.5. The van der Waals surface area contributed by atoms with E-state index in [2.05, 4.69) is 42.2 Å². The molecular formula is C14H26N2O. The summed E-state index contributed by atoms with van der Waals surface area (Å²) >= 11 is 0. The lowest BCUT2D eigenvalue weighted by atomic mass is 10.2. The molecule has 0 fully saturated rings. The molecule has 0 aliphatic carbocycles. The first-order valence-electron chi connectivity index (χ1n) is 6.74. The highest BCUT2D eigenvalue weighted by Crippen LogP contribution is 2.12. The van der Waals surface area contributed by atoms with Crippen molar-refractivity contribution in [3.8, 4) is 0 Å². The van der Waals surface area contributed by atoms with Crippen LogP contribution in [0, 0.1) is 0 Å². The van der Waals surface area contributed by atoms with Crippen LogP contribution in [0.4, 0.5) is 0 Å². The number of hydrogen-bond donors (Lipinski definition) is 1. The molecule has 1 heterocycles. The average Bonchev–Trinajstić information content (AvgIpc) is 2.80. The van der Waals surface area contributed by atoms with Crippen LogP contribution < -0.4 is 5.32 Å². The number of rotatable bonds is 9. The quantitative estimate of drug-likeness (QED) is 0.669. The van der Waals surface area contributed by atoms with Crippen LogP contribution in [0.25, 0.3) is 0 Å². The summed E-state index contributed by atoms with van der Waals surface area (Å²) in [6, 6.07) is 2.65. The predicted molar refractivity (Wildman–Crippen MR) is 72.3 cm³/mol. The molecule has 1 unspecified atom stereocenters. The van der Waals surface area contributed by atoms with Crippen molar-refractivity contribution in [2.45, 2.75) is 46.2 Å². The van der Waals surface area contributed by atoms with Crippen molar-refractivity contribution in [3.63, 3.8) is 0 Å². The standard InChI is InChI=1S/C14H26N2O/c1-4-8-15-13(3)14-7-10-16(12-14)9-6-11-17-5-2/h7,10,12-13,15H,4-6,8-9,11H2,1-3H3. The normalized spacial score (nSPS) is 12.9. The SMILES string of the molecule is CCCNC(C)c1ccn(CCCOCC)c1. The molecule has 0 spiro atoms. The topological polar surface area (TPSA) is 26.2 Å². The second-order valence-corrected chi connectivity index (χ2v) is 4.41. The fourth-order valence-corrected chi connectivity index (χ4v) is 1.83. The van der Waals surface area contributed by atoms with Gasteiger partial charge < -0.3 is 14.6 Å². The number of ether oxygens (including phenoxy) is 1. The Morgan fingerprint density at radius 2 is 2.24 bits per heavy atom. The van der Waals surface area contributed by atoms with Gasteiger partial charge in [-0.2, -0.15) is 0 Å². The van der Waals surface area contributed by atoms with Crippen molar-refractivity contribution in [3.05, 3.63) is 24.0 Å². The van der Waals surface area contributed by atoms with Gasteiger partial charge in [0.1, 0.15) is 0 Å². The van der Waals surface area contributed by atoms with Gasteiger partial charge in [0.05, 0.1) is 0 Å². The molecular weight excluding hydrogens is 212 g/mol. The molecule has 98 valence electrons. The second kappa shape index (κ2) is 8.31. The van der Waals surface area contributed by atoms with E-state index in [4.69, 9.17) is 4.74 Å². The van der Waals surface area contributed by atoms with E-state index in [1.54, 1.807) is 0 Å². The highest BCUT2D eigenvalue weighted by atomic mass is 16.5. The summed E-state index contributed by atoms with van der Waals surface area (Å²) in [6.45, 7) is 10.2. The third kappa shape index (κ3) is 5.37. The van der Waals surface area contributed by atoms with Gasteiger partial charge in [0.15, 0.2) is 0 Å². The molecule has 0 saturated carbocycles. The van der Waals surface area contributed by atoms with Gasteiger partial charge in [-0.25, -0.2) is 0 Å². The fourth-order valence-electron chi connectivity index (χ4n) is 1.83. The van der Waals surface area contributed by atoms with Crippen LogP contribution in [0.3, 0.4) is 0 Å². The minimum Gasteiger partial charge on any atom is -0.382 e. The molecule has 0 amide bonds. The van der Waals surface area contributed by atoms with Gasteiger partial charge in [-0.15, -0.1) is 0 Å². The molecule has 17 heavy (non-hydrogen) atoms. The second-order valence-electron chi connectivity index (χ2n) is 4.41. The van der Waals surface area contributed by atoms with Crippen LogP contribution in [0.1, 0.15) is 45.2 Å². The highest BCUT2D eigenvalue weighted by Gasteiger charge is 2.05. The van der Waals surface area contributed by atoms with Crippen LogP contribution in [-0.2, 0) is 11.3 Å². The first-order chi connectivity index (χ1) is 8.27. The van der Waals surface area contributed by atoms with Crippen molar-refractivity contribution >= 4 is 0 Å². The van der Waals surface area contributed by atoms with Gasteiger partial charge in [0.2, 0.25) is 0 Å². The van der Waals surface area contributed by atoms with Gasteiger partial charge in [0, 0.05) is 38.2 Å². The largest absolute Gasteiger partial charge is 0.382 e. The van der Waals surface area contributed by atoms with E-state index >= 15 is 0 Å². The summed E-state index contributed by atoms with van der Waals surface area (Å²) in [5, 5.41) is 3.50. The molecule has 3 nitrogen and oxygen atoms in total. The van der Waals surface area contributed by atoms with Crippen molar-refractivity contribution < 1.29 is 4.74 Å². The molecule has 3 heteroatoms. The lowest BCUT2D eigenvalue weighted by Crippen LogP contribution is -2.18.